The summed E-state index contributed by atoms with van der Waals surface area (Å²) in [7, 11) is -3.05. The van der Waals surface area contributed by atoms with Crippen molar-refractivity contribution in [1.29, 1.82) is 0 Å². The number of hydrogen-bond donors (Lipinski definition) is 0. The van der Waals surface area contributed by atoms with Gasteiger partial charge in [-0.2, -0.15) is 0 Å². The van der Waals surface area contributed by atoms with Crippen LogP contribution >= 0.6 is 7.14 Å². The van der Waals surface area contributed by atoms with E-state index in [0.717, 1.165) is 49.3 Å². The van der Waals surface area contributed by atoms with E-state index in [2.05, 4.69) is 84.9 Å². The van der Waals surface area contributed by atoms with Crippen LogP contribution in [-0.2, 0) is 4.57 Å². The molecule has 0 saturated carbocycles. The van der Waals surface area contributed by atoms with E-state index < -0.39 is 7.14 Å². The van der Waals surface area contributed by atoms with E-state index in [0.29, 0.717) is 0 Å². The van der Waals surface area contributed by atoms with Gasteiger partial charge in [-0.25, -0.2) is 0 Å². The van der Waals surface area contributed by atoms with Crippen LogP contribution in [0.25, 0.3) is 11.1 Å². The zero-order chi connectivity index (χ0) is 27.2. The monoisotopic (exact) mass is 532 g/mol. The summed E-state index contributed by atoms with van der Waals surface area (Å²) in [6.07, 6.45) is 0. The van der Waals surface area contributed by atoms with Crippen molar-refractivity contribution in [3.8, 4) is 0 Å². The molecule has 2 heteroatoms. The van der Waals surface area contributed by atoms with Gasteiger partial charge >= 0.3 is 0 Å². The molecule has 0 spiro atoms. The summed E-state index contributed by atoms with van der Waals surface area (Å²) in [5.41, 5.74) is 6.80. The maximum atomic E-state index is 14.9. The molecule has 6 rings (SSSR count). The van der Waals surface area contributed by atoms with E-state index in [9.17, 15) is 4.57 Å². The van der Waals surface area contributed by atoms with Crippen molar-refractivity contribution in [3.05, 3.63) is 198 Å². The first-order valence-electron chi connectivity index (χ1n) is 13.5. The van der Waals surface area contributed by atoms with Crippen molar-refractivity contribution in [2.24, 2.45) is 0 Å². The van der Waals surface area contributed by atoms with Gasteiger partial charge in [-0.1, -0.05) is 176 Å². The lowest BCUT2D eigenvalue weighted by Crippen LogP contribution is -2.24. The Bertz CT molecular complexity index is 1670. The predicted molar refractivity (Wildman–Crippen MR) is 170 cm³/mol. The molecule has 0 heterocycles. The molecule has 40 heavy (non-hydrogen) atoms. The molecule has 0 aliphatic carbocycles. The van der Waals surface area contributed by atoms with Crippen LogP contribution in [0, 0.1) is 0 Å². The average Bonchev–Trinajstić information content (AvgIpc) is 3.05. The first-order valence-corrected chi connectivity index (χ1v) is 15.2. The van der Waals surface area contributed by atoms with Crippen LogP contribution < -0.4 is 15.9 Å². The van der Waals surface area contributed by atoms with Gasteiger partial charge < -0.3 is 4.57 Å². The molecule has 0 saturated heterocycles. The highest BCUT2D eigenvalue weighted by molar-refractivity contribution is 7.85. The van der Waals surface area contributed by atoms with Gasteiger partial charge in [-0.15, -0.1) is 0 Å². The van der Waals surface area contributed by atoms with Crippen molar-refractivity contribution in [2.75, 3.05) is 0 Å². The van der Waals surface area contributed by atoms with Gasteiger partial charge in [0.1, 0.15) is 0 Å². The lowest BCUT2D eigenvalue weighted by atomic mass is 9.86. The molecule has 0 unspecified atom stereocenters. The molecule has 0 aliphatic heterocycles. The maximum Gasteiger partial charge on any atom is 0.171 e. The SMILES string of the molecule is O=P(c1ccccc1)(c1ccccc1)c1ccc(C(=C(c2ccccc2)c2ccccc2)c2ccccc2)cc1. The van der Waals surface area contributed by atoms with Crippen molar-refractivity contribution in [3.63, 3.8) is 0 Å². The molecule has 6 aromatic rings. The van der Waals surface area contributed by atoms with Crippen molar-refractivity contribution < 1.29 is 4.57 Å². The zero-order valence-electron chi connectivity index (χ0n) is 22.1. The second-order valence-electron chi connectivity index (χ2n) is 9.68. The van der Waals surface area contributed by atoms with Gasteiger partial charge in [0.05, 0.1) is 0 Å². The van der Waals surface area contributed by atoms with E-state index in [4.69, 9.17) is 0 Å². The normalized spacial score (nSPS) is 11.1. The van der Waals surface area contributed by atoms with Crippen molar-refractivity contribution in [1.82, 2.24) is 0 Å². The molecule has 0 bridgehead atoms. The summed E-state index contributed by atoms with van der Waals surface area (Å²) >= 11 is 0. The van der Waals surface area contributed by atoms with Crippen LogP contribution in [0.15, 0.2) is 176 Å². The highest BCUT2D eigenvalue weighted by atomic mass is 31.2. The summed E-state index contributed by atoms with van der Waals surface area (Å²) in [4.78, 5) is 0. The quantitative estimate of drug-likeness (QED) is 0.149. The third-order valence-electron chi connectivity index (χ3n) is 7.20. The van der Waals surface area contributed by atoms with Gasteiger partial charge in [-0.3, -0.25) is 0 Å². The van der Waals surface area contributed by atoms with Gasteiger partial charge in [0, 0.05) is 15.9 Å². The van der Waals surface area contributed by atoms with Gasteiger partial charge in [0.25, 0.3) is 0 Å². The summed E-state index contributed by atoms with van der Waals surface area (Å²) < 4.78 is 14.9. The van der Waals surface area contributed by atoms with E-state index in [1.54, 1.807) is 0 Å². The van der Waals surface area contributed by atoms with Crippen LogP contribution in [0.5, 0.6) is 0 Å². The first-order chi connectivity index (χ1) is 19.7. The van der Waals surface area contributed by atoms with E-state index in [-0.39, 0.29) is 0 Å². The molecular weight excluding hydrogens is 503 g/mol. The van der Waals surface area contributed by atoms with Crippen LogP contribution in [0.2, 0.25) is 0 Å². The van der Waals surface area contributed by atoms with Crippen molar-refractivity contribution in [2.45, 2.75) is 0 Å². The Kier molecular flexibility index (Phi) is 7.40. The number of hydrogen-bond acceptors (Lipinski definition) is 1. The van der Waals surface area contributed by atoms with Gasteiger partial charge in [0.2, 0.25) is 0 Å². The minimum Gasteiger partial charge on any atom is -0.309 e. The lowest BCUT2D eigenvalue weighted by Gasteiger charge is -2.21. The Morgan fingerprint density at radius 2 is 0.550 bits per heavy atom. The van der Waals surface area contributed by atoms with E-state index in [1.807, 2.05) is 91.0 Å². The topological polar surface area (TPSA) is 17.1 Å². The Morgan fingerprint density at radius 1 is 0.300 bits per heavy atom. The Morgan fingerprint density at radius 3 is 0.875 bits per heavy atom. The molecule has 1 nitrogen and oxygen atoms in total. The highest BCUT2D eigenvalue weighted by Crippen LogP contribution is 2.43. The standard InChI is InChI=1S/C38H29OP/c39-40(34-22-12-4-13-23-34,35-24-14-5-15-25-35)36-28-26-33(27-29-36)38(32-20-10-3-11-21-32)37(30-16-6-1-7-17-30)31-18-8-2-9-19-31/h1-29H. The van der Waals surface area contributed by atoms with Crippen LogP contribution in [0.1, 0.15) is 22.3 Å². The lowest BCUT2D eigenvalue weighted by molar-refractivity contribution is 0.592. The summed E-state index contributed by atoms with van der Waals surface area (Å²) in [6.45, 7) is 0. The van der Waals surface area contributed by atoms with Crippen LogP contribution in [0.4, 0.5) is 0 Å². The predicted octanol–water partition coefficient (Wildman–Crippen LogP) is 8.33. The molecule has 0 fully saturated rings. The fraction of sp³-hybridized carbons (Fsp3) is 0. The van der Waals surface area contributed by atoms with Crippen LogP contribution in [-0.4, -0.2) is 0 Å². The average molecular weight is 533 g/mol. The third kappa shape index (κ3) is 5.00. The summed E-state index contributed by atoms with van der Waals surface area (Å²) in [5.74, 6) is 0. The Labute approximate surface area is 236 Å². The fourth-order valence-electron chi connectivity index (χ4n) is 5.29. The second kappa shape index (κ2) is 11.6. The molecule has 0 N–H and O–H groups in total. The molecule has 0 radical (unpaired) electrons. The molecule has 0 atom stereocenters. The number of rotatable bonds is 7. The number of benzene rings is 6. The Balaban J connectivity index is 1.58. The van der Waals surface area contributed by atoms with Crippen LogP contribution in [0.3, 0.4) is 0 Å². The highest BCUT2D eigenvalue weighted by Gasteiger charge is 2.29. The largest absolute Gasteiger partial charge is 0.309 e. The van der Waals surface area contributed by atoms with Crippen molar-refractivity contribution >= 4 is 34.2 Å². The molecule has 0 aliphatic rings. The van der Waals surface area contributed by atoms with E-state index in [1.165, 1.54) is 0 Å². The maximum absolute atomic E-state index is 14.9. The summed E-state index contributed by atoms with van der Waals surface area (Å²) in [6, 6.07) is 59.6. The minimum atomic E-state index is -3.05. The molecule has 0 aromatic heterocycles. The molecule has 192 valence electrons. The molecule has 0 amide bonds. The zero-order valence-corrected chi connectivity index (χ0v) is 23.0. The molecule has 6 aromatic carbocycles. The van der Waals surface area contributed by atoms with Gasteiger partial charge in [-0.05, 0) is 33.4 Å². The van der Waals surface area contributed by atoms with E-state index >= 15 is 0 Å². The minimum absolute atomic E-state index is 0.821. The second-order valence-corrected chi connectivity index (χ2v) is 12.4. The first kappa shape index (κ1) is 25.6. The smallest absolute Gasteiger partial charge is 0.171 e. The molecular formula is C38H29OP. The third-order valence-corrected chi connectivity index (χ3v) is 10.3. The van der Waals surface area contributed by atoms with Gasteiger partial charge in [0.15, 0.2) is 7.14 Å². The Hall–Kier alpha value is -4.71. The fourth-order valence-corrected chi connectivity index (χ4v) is 7.93. The summed E-state index contributed by atoms with van der Waals surface area (Å²) in [5, 5.41) is 2.49.